The molecule has 204 valence electrons. The molecule has 2 aromatic carbocycles. The highest BCUT2D eigenvalue weighted by Gasteiger charge is 2.37. The number of nitrogens with zero attached hydrogens (tertiary/aromatic N) is 2. The molecule has 0 aromatic heterocycles. The lowest BCUT2D eigenvalue weighted by Gasteiger charge is -2.33. The maximum absolute atomic E-state index is 13.8. The molecule has 0 radical (unpaired) electrons. The van der Waals surface area contributed by atoms with Crippen LogP contribution in [0.2, 0.25) is 0 Å². The van der Waals surface area contributed by atoms with Gasteiger partial charge < -0.3 is 26.0 Å². The average molecular weight is 532 g/mol. The fourth-order valence-electron chi connectivity index (χ4n) is 3.86. The van der Waals surface area contributed by atoms with Gasteiger partial charge in [0.15, 0.2) is 0 Å². The molecule has 0 saturated heterocycles. The molecule has 0 aliphatic rings. The number of carbonyl (C=O) groups excluding carboxylic acids is 4. The van der Waals surface area contributed by atoms with E-state index in [1.807, 2.05) is 38.1 Å². The first kappa shape index (κ1) is 30.4. The minimum Gasteiger partial charge on any atom is -0.444 e. The molecular weight excluding hydrogens is 498 g/mol. The van der Waals surface area contributed by atoms with E-state index in [1.54, 1.807) is 45.0 Å². The number of nitrogens with two attached hydrogens (primary N) is 1. The van der Waals surface area contributed by atoms with Crippen LogP contribution in [0.15, 0.2) is 42.5 Å². The smallest absolute Gasteiger partial charge is 0.408 e. The molecule has 10 heteroatoms. The Balaban J connectivity index is 2.58. The topological polar surface area (TPSA) is 155 Å². The minimum atomic E-state index is -1.49. The first-order valence-electron chi connectivity index (χ1n) is 12.2. The van der Waals surface area contributed by atoms with Crippen LogP contribution in [0.4, 0.5) is 10.5 Å². The second-order valence-electron chi connectivity index (χ2n) is 9.92. The number of para-hydroxylation sites is 1. The minimum absolute atomic E-state index is 0.358. The van der Waals surface area contributed by atoms with Crippen molar-refractivity contribution < 1.29 is 23.9 Å². The van der Waals surface area contributed by atoms with Crippen molar-refractivity contribution in [3.05, 3.63) is 64.7 Å². The summed E-state index contributed by atoms with van der Waals surface area (Å²) in [6.45, 7) is 8.01. The maximum Gasteiger partial charge on any atom is 0.408 e. The van der Waals surface area contributed by atoms with Gasteiger partial charge in [0.25, 0.3) is 5.91 Å². The van der Waals surface area contributed by atoms with E-state index in [0.717, 1.165) is 16.0 Å². The Kier molecular flexibility index (Phi) is 10.2. The molecule has 0 aliphatic carbocycles. The fraction of sp³-hybridized carbons (Fsp3) is 0.345. The Labute approximate surface area is 228 Å². The Hall–Kier alpha value is -4.83. The third-order valence-electron chi connectivity index (χ3n) is 5.60. The van der Waals surface area contributed by atoms with Crippen LogP contribution in [0.1, 0.15) is 55.5 Å². The van der Waals surface area contributed by atoms with Crippen LogP contribution in [0.5, 0.6) is 0 Å². The van der Waals surface area contributed by atoms with Crippen LogP contribution in [0, 0.1) is 37.5 Å². The number of anilines is 1. The third kappa shape index (κ3) is 8.61. The van der Waals surface area contributed by atoms with Crippen LogP contribution in [-0.2, 0) is 19.1 Å². The summed E-state index contributed by atoms with van der Waals surface area (Å²) in [5.41, 5.74) is 7.51. The van der Waals surface area contributed by atoms with Crippen molar-refractivity contribution in [1.82, 2.24) is 10.2 Å². The Bertz CT molecular complexity index is 1300. The molecule has 2 rings (SSSR count). The molecule has 4 N–H and O–H groups in total. The maximum atomic E-state index is 13.8. The van der Waals surface area contributed by atoms with Gasteiger partial charge in [0.2, 0.25) is 11.8 Å². The number of terminal acetylenes is 1. The SMILES string of the molecule is C#Cc1ccc(C(C(=O)Nc2c(C)cccc2C)N(CC#N)C(=O)C(CC(N)=O)NC(=O)OC(C)(C)C)cc1. The lowest BCUT2D eigenvalue weighted by molar-refractivity contribution is -0.141. The van der Waals surface area contributed by atoms with Gasteiger partial charge in [-0.2, -0.15) is 5.26 Å². The summed E-state index contributed by atoms with van der Waals surface area (Å²) >= 11 is 0. The molecule has 0 saturated carbocycles. The van der Waals surface area contributed by atoms with E-state index >= 15 is 0 Å². The van der Waals surface area contributed by atoms with Crippen molar-refractivity contribution >= 4 is 29.5 Å². The largest absolute Gasteiger partial charge is 0.444 e. The van der Waals surface area contributed by atoms with Gasteiger partial charge >= 0.3 is 6.09 Å². The number of carbonyl (C=O) groups is 4. The zero-order chi connectivity index (χ0) is 29.3. The summed E-state index contributed by atoms with van der Waals surface area (Å²) in [5.74, 6) is 0.127. The number of hydrogen-bond acceptors (Lipinski definition) is 6. The van der Waals surface area contributed by atoms with Gasteiger partial charge in [-0.1, -0.05) is 36.3 Å². The summed E-state index contributed by atoms with van der Waals surface area (Å²) in [6.07, 6.45) is 3.92. The molecule has 0 aliphatic heterocycles. The molecule has 2 unspecified atom stereocenters. The molecule has 0 fully saturated rings. The second-order valence-corrected chi connectivity index (χ2v) is 9.92. The molecule has 4 amide bonds. The zero-order valence-corrected chi connectivity index (χ0v) is 22.7. The van der Waals surface area contributed by atoms with Gasteiger partial charge in [-0.3, -0.25) is 14.4 Å². The van der Waals surface area contributed by atoms with Crippen LogP contribution >= 0.6 is 0 Å². The highest BCUT2D eigenvalue weighted by atomic mass is 16.6. The first-order valence-corrected chi connectivity index (χ1v) is 12.2. The van der Waals surface area contributed by atoms with Crippen molar-refractivity contribution in [1.29, 1.82) is 5.26 Å². The highest BCUT2D eigenvalue weighted by Crippen LogP contribution is 2.27. The molecule has 0 spiro atoms. The molecular formula is C29H33N5O5. The van der Waals surface area contributed by atoms with Crippen LogP contribution in [-0.4, -0.2) is 46.9 Å². The van der Waals surface area contributed by atoms with Gasteiger partial charge in [0.1, 0.15) is 24.2 Å². The van der Waals surface area contributed by atoms with Crippen molar-refractivity contribution in [2.75, 3.05) is 11.9 Å². The van der Waals surface area contributed by atoms with E-state index in [9.17, 15) is 24.4 Å². The number of nitriles is 1. The quantitative estimate of drug-likeness (QED) is 0.334. The number of rotatable bonds is 9. The van der Waals surface area contributed by atoms with E-state index in [-0.39, 0.29) is 0 Å². The molecule has 2 atom stereocenters. The molecule has 0 heterocycles. The fourth-order valence-corrected chi connectivity index (χ4v) is 3.86. The number of aryl methyl sites for hydroxylation is 2. The number of primary amides is 1. The number of amides is 4. The summed E-state index contributed by atoms with van der Waals surface area (Å²) in [5, 5.41) is 14.8. The van der Waals surface area contributed by atoms with Gasteiger partial charge in [0, 0.05) is 11.3 Å². The van der Waals surface area contributed by atoms with Crippen molar-refractivity contribution in [2.24, 2.45) is 5.73 Å². The standard InChI is InChI=1S/C29H33N5O5/c1-7-20-11-13-21(14-12-20)25(26(36)33-24-18(2)9-8-10-19(24)3)34(16-15-30)27(37)22(17-23(31)35)32-28(38)39-29(4,5)6/h1,8-14,22,25H,16-17H2,2-6H3,(H2,31,35)(H,32,38)(H,33,36). The van der Waals surface area contributed by atoms with Gasteiger partial charge in [-0.05, 0) is 63.4 Å². The summed E-state index contributed by atoms with van der Waals surface area (Å²) in [6, 6.07) is 10.9. The van der Waals surface area contributed by atoms with Crippen LogP contribution < -0.4 is 16.4 Å². The first-order chi connectivity index (χ1) is 18.3. The molecule has 2 aromatic rings. The van der Waals surface area contributed by atoms with Crippen molar-refractivity contribution in [3.8, 4) is 18.4 Å². The average Bonchev–Trinajstić information content (AvgIpc) is 2.84. The molecule has 0 bridgehead atoms. The summed E-state index contributed by atoms with van der Waals surface area (Å²) < 4.78 is 5.23. The van der Waals surface area contributed by atoms with Crippen molar-refractivity contribution in [3.63, 3.8) is 0 Å². The number of benzene rings is 2. The van der Waals surface area contributed by atoms with Gasteiger partial charge in [-0.25, -0.2) is 4.79 Å². The van der Waals surface area contributed by atoms with E-state index in [0.29, 0.717) is 16.8 Å². The van der Waals surface area contributed by atoms with Crippen LogP contribution in [0.3, 0.4) is 0 Å². The normalized spacial score (nSPS) is 12.2. The molecule has 39 heavy (non-hydrogen) atoms. The zero-order valence-electron chi connectivity index (χ0n) is 22.7. The predicted octanol–water partition coefficient (Wildman–Crippen LogP) is 3.09. The summed E-state index contributed by atoms with van der Waals surface area (Å²) in [4.78, 5) is 52.9. The number of alkyl carbamates (subject to hydrolysis) is 1. The lowest BCUT2D eigenvalue weighted by atomic mass is 10.00. The van der Waals surface area contributed by atoms with E-state index < -0.39 is 54.5 Å². The Morgan fingerprint density at radius 1 is 1.08 bits per heavy atom. The Morgan fingerprint density at radius 3 is 2.15 bits per heavy atom. The van der Waals surface area contributed by atoms with Crippen molar-refractivity contribution in [2.45, 2.75) is 58.7 Å². The van der Waals surface area contributed by atoms with E-state index in [2.05, 4.69) is 16.6 Å². The number of nitrogens with one attached hydrogen (secondary N) is 2. The predicted molar refractivity (Wildman–Crippen MR) is 146 cm³/mol. The Morgan fingerprint density at radius 2 is 1.67 bits per heavy atom. The lowest BCUT2D eigenvalue weighted by Crippen LogP contribution is -2.53. The van der Waals surface area contributed by atoms with Gasteiger partial charge in [0.05, 0.1) is 12.5 Å². The monoisotopic (exact) mass is 531 g/mol. The van der Waals surface area contributed by atoms with Gasteiger partial charge in [-0.15, -0.1) is 6.42 Å². The number of ether oxygens (including phenoxy) is 1. The molecule has 10 nitrogen and oxygen atoms in total. The van der Waals surface area contributed by atoms with E-state index in [4.69, 9.17) is 16.9 Å². The van der Waals surface area contributed by atoms with E-state index in [1.165, 1.54) is 0 Å². The highest BCUT2D eigenvalue weighted by molar-refractivity contribution is 6.00. The van der Waals surface area contributed by atoms with Crippen LogP contribution in [0.25, 0.3) is 0 Å². The summed E-state index contributed by atoms with van der Waals surface area (Å²) in [7, 11) is 0. The third-order valence-corrected chi connectivity index (χ3v) is 5.60. The number of hydrogen-bond donors (Lipinski definition) is 3. The second kappa shape index (κ2) is 13.1.